The summed E-state index contributed by atoms with van der Waals surface area (Å²) in [5.74, 6) is -1.85. The predicted molar refractivity (Wildman–Crippen MR) is 158 cm³/mol. The standard InChI is InChI=1S/C29H34F3N7O5/c1-7-39(11-10-38(3)4)12-13-43-18-8-9-21-20(14-18)25(44-26(40)29(30,31)32)36-28(34-21)37-27-33-17(2)19-15-23(41-5)24(42-6)16-22(19)35-27/h8-9,14-16H,7,10-13H2,1-6H3,(H,33,34,35,36,37). The first kappa shape index (κ1) is 32.4. The van der Waals surface area contributed by atoms with E-state index < -0.39 is 18.0 Å². The number of nitrogens with zero attached hydrogens (tertiary/aromatic N) is 6. The Balaban J connectivity index is 1.64. The third-order valence-corrected chi connectivity index (χ3v) is 6.66. The van der Waals surface area contributed by atoms with Gasteiger partial charge in [0, 0.05) is 31.1 Å². The van der Waals surface area contributed by atoms with Crippen molar-refractivity contribution in [2.24, 2.45) is 0 Å². The fourth-order valence-corrected chi connectivity index (χ4v) is 4.28. The van der Waals surface area contributed by atoms with Crippen molar-refractivity contribution in [1.82, 2.24) is 29.7 Å². The quantitative estimate of drug-likeness (QED) is 0.214. The van der Waals surface area contributed by atoms with Crippen LogP contribution in [-0.2, 0) is 4.79 Å². The number of rotatable bonds is 13. The maximum atomic E-state index is 13.2. The van der Waals surface area contributed by atoms with Gasteiger partial charge in [-0.3, -0.25) is 10.2 Å². The summed E-state index contributed by atoms with van der Waals surface area (Å²) in [6, 6.07) is 7.99. The molecule has 0 unspecified atom stereocenters. The van der Waals surface area contributed by atoms with E-state index in [-0.39, 0.29) is 22.8 Å². The second kappa shape index (κ2) is 13.9. The van der Waals surface area contributed by atoms with E-state index in [1.165, 1.54) is 26.4 Å². The van der Waals surface area contributed by atoms with Crippen molar-refractivity contribution >= 4 is 39.7 Å². The number of halogens is 3. The molecule has 0 aliphatic rings. The van der Waals surface area contributed by atoms with E-state index in [0.29, 0.717) is 47.0 Å². The smallest absolute Gasteiger partial charge is 0.491 e. The summed E-state index contributed by atoms with van der Waals surface area (Å²) in [6.07, 6.45) is -5.24. The van der Waals surface area contributed by atoms with Crippen LogP contribution in [0.2, 0.25) is 0 Å². The molecule has 0 fully saturated rings. The lowest BCUT2D eigenvalue weighted by molar-refractivity contribution is -0.189. The number of fused-ring (bicyclic) bond motifs is 2. The van der Waals surface area contributed by atoms with Crippen LogP contribution in [0.4, 0.5) is 25.1 Å². The summed E-state index contributed by atoms with van der Waals surface area (Å²) < 4.78 is 60.7. The Bertz CT molecular complexity index is 1640. The van der Waals surface area contributed by atoms with Gasteiger partial charge in [-0.15, -0.1) is 0 Å². The fraction of sp³-hybridized carbons (Fsp3) is 0.414. The molecular weight excluding hydrogens is 583 g/mol. The lowest BCUT2D eigenvalue weighted by Crippen LogP contribution is -2.34. The van der Waals surface area contributed by atoms with Crippen molar-refractivity contribution in [3.05, 3.63) is 36.0 Å². The number of aryl methyl sites for hydroxylation is 1. The number of benzene rings is 2. The lowest BCUT2D eigenvalue weighted by Gasteiger charge is -2.22. The Morgan fingerprint density at radius 3 is 2.23 bits per heavy atom. The zero-order chi connectivity index (χ0) is 32.0. The molecule has 0 saturated carbocycles. The zero-order valence-electron chi connectivity index (χ0n) is 25.3. The molecule has 236 valence electrons. The Labute approximate surface area is 252 Å². The zero-order valence-corrected chi connectivity index (χ0v) is 25.3. The van der Waals surface area contributed by atoms with Crippen molar-refractivity contribution in [2.45, 2.75) is 20.0 Å². The largest absolute Gasteiger partial charge is 0.493 e. The summed E-state index contributed by atoms with van der Waals surface area (Å²) in [4.78, 5) is 33.4. The number of nitrogens with one attached hydrogen (secondary N) is 1. The van der Waals surface area contributed by atoms with E-state index in [4.69, 9.17) is 18.9 Å². The molecule has 44 heavy (non-hydrogen) atoms. The molecule has 0 saturated heterocycles. The van der Waals surface area contributed by atoms with Crippen molar-refractivity contribution in [3.63, 3.8) is 0 Å². The number of hydrogen-bond acceptors (Lipinski definition) is 12. The molecule has 2 heterocycles. The second-order valence-corrected chi connectivity index (χ2v) is 9.99. The predicted octanol–water partition coefficient (Wildman–Crippen LogP) is 4.37. The summed E-state index contributed by atoms with van der Waals surface area (Å²) in [5.41, 5.74) is 1.28. The number of hydrogen-bond donors (Lipinski definition) is 1. The minimum absolute atomic E-state index is 0.0537. The number of anilines is 2. The molecule has 0 radical (unpaired) electrons. The van der Waals surface area contributed by atoms with Crippen LogP contribution in [0.1, 0.15) is 12.6 Å². The minimum Gasteiger partial charge on any atom is -0.493 e. The van der Waals surface area contributed by atoms with Gasteiger partial charge in [-0.25, -0.2) is 19.7 Å². The van der Waals surface area contributed by atoms with Crippen LogP contribution < -0.4 is 24.3 Å². The molecular formula is C29H34F3N7O5. The molecule has 2 aromatic heterocycles. The second-order valence-electron chi connectivity index (χ2n) is 9.99. The van der Waals surface area contributed by atoms with Crippen LogP contribution in [0.5, 0.6) is 23.1 Å². The maximum Gasteiger partial charge on any atom is 0.491 e. The van der Waals surface area contributed by atoms with E-state index in [9.17, 15) is 18.0 Å². The van der Waals surface area contributed by atoms with Gasteiger partial charge in [0.1, 0.15) is 12.4 Å². The number of aromatic nitrogens is 4. The number of alkyl halides is 3. The molecule has 1 N–H and O–H groups in total. The van der Waals surface area contributed by atoms with E-state index >= 15 is 0 Å². The average Bonchev–Trinajstić information content (AvgIpc) is 2.97. The van der Waals surface area contributed by atoms with Gasteiger partial charge in [0.25, 0.3) is 0 Å². The number of methoxy groups -OCH3 is 2. The first-order valence-electron chi connectivity index (χ1n) is 13.7. The Hall–Kier alpha value is -4.50. The van der Waals surface area contributed by atoms with Crippen molar-refractivity contribution < 1.29 is 36.9 Å². The summed E-state index contributed by atoms with van der Waals surface area (Å²) in [6.45, 7) is 7.35. The van der Waals surface area contributed by atoms with E-state index in [2.05, 4.69) is 35.1 Å². The molecule has 12 nitrogen and oxygen atoms in total. The van der Waals surface area contributed by atoms with Gasteiger partial charge < -0.3 is 23.8 Å². The van der Waals surface area contributed by atoms with Crippen LogP contribution in [-0.4, -0.2) is 103 Å². The molecule has 0 bridgehead atoms. The van der Waals surface area contributed by atoms with E-state index in [1.807, 2.05) is 21.0 Å². The van der Waals surface area contributed by atoms with Crippen LogP contribution in [0.3, 0.4) is 0 Å². The molecule has 0 aliphatic heterocycles. The van der Waals surface area contributed by atoms with Crippen molar-refractivity contribution in [1.29, 1.82) is 0 Å². The number of ether oxygens (including phenoxy) is 4. The summed E-state index contributed by atoms with van der Waals surface area (Å²) in [7, 11) is 7.00. The van der Waals surface area contributed by atoms with Gasteiger partial charge in [0.05, 0.1) is 36.3 Å². The molecule has 0 atom stereocenters. The molecule has 0 spiro atoms. The molecule has 2 aromatic carbocycles. The van der Waals surface area contributed by atoms with Gasteiger partial charge in [-0.1, -0.05) is 6.92 Å². The van der Waals surface area contributed by atoms with Crippen LogP contribution in [0.15, 0.2) is 30.3 Å². The molecule has 4 rings (SSSR count). The summed E-state index contributed by atoms with van der Waals surface area (Å²) >= 11 is 0. The Morgan fingerprint density at radius 2 is 1.57 bits per heavy atom. The number of carbonyl (C=O) groups excluding carboxylic acids is 1. The van der Waals surface area contributed by atoms with Crippen LogP contribution in [0.25, 0.3) is 21.8 Å². The van der Waals surface area contributed by atoms with Gasteiger partial charge in [-0.05, 0) is 51.8 Å². The Morgan fingerprint density at radius 1 is 0.886 bits per heavy atom. The van der Waals surface area contributed by atoms with Gasteiger partial charge in [0.2, 0.25) is 17.8 Å². The molecule has 15 heteroatoms. The van der Waals surface area contributed by atoms with Crippen molar-refractivity contribution in [3.8, 4) is 23.1 Å². The number of likely N-dealkylation sites (N-methyl/N-ethyl adjacent to an activating group) is 2. The highest BCUT2D eigenvalue weighted by Gasteiger charge is 2.42. The van der Waals surface area contributed by atoms with E-state index in [1.54, 1.807) is 25.1 Å². The minimum atomic E-state index is -5.24. The normalized spacial score (nSPS) is 11.8. The first-order chi connectivity index (χ1) is 20.9. The molecule has 4 aromatic rings. The molecule has 0 amide bonds. The fourth-order valence-electron chi connectivity index (χ4n) is 4.28. The third-order valence-electron chi connectivity index (χ3n) is 6.66. The highest BCUT2D eigenvalue weighted by molar-refractivity contribution is 5.90. The first-order valence-corrected chi connectivity index (χ1v) is 13.7. The average molecular weight is 618 g/mol. The van der Waals surface area contributed by atoms with Crippen LogP contribution in [0, 0.1) is 6.92 Å². The SMILES string of the molecule is CCN(CCOc1ccc2nc(Nc3nc(C)c4cc(OC)c(OC)cc4n3)nc(OC(=O)C(F)(F)F)c2c1)CCN(C)C. The summed E-state index contributed by atoms with van der Waals surface area (Å²) in [5, 5.41) is 3.55. The highest BCUT2D eigenvalue weighted by atomic mass is 19.4. The topological polar surface area (TPSA) is 124 Å². The number of esters is 1. The monoisotopic (exact) mass is 617 g/mol. The third kappa shape index (κ3) is 7.90. The van der Waals surface area contributed by atoms with Gasteiger partial charge in [-0.2, -0.15) is 18.2 Å². The molecule has 0 aliphatic carbocycles. The van der Waals surface area contributed by atoms with Gasteiger partial charge >= 0.3 is 12.1 Å². The Kier molecular flexibility index (Phi) is 10.2. The van der Waals surface area contributed by atoms with Gasteiger partial charge in [0.15, 0.2) is 11.5 Å². The lowest BCUT2D eigenvalue weighted by atomic mass is 10.1. The van der Waals surface area contributed by atoms with E-state index in [0.717, 1.165) is 19.6 Å². The highest BCUT2D eigenvalue weighted by Crippen LogP contribution is 2.34. The van der Waals surface area contributed by atoms with Crippen LogP contribution >= 0.6 is 0 Å². The number of carbonyl (C=O) groups is 1. The maximum absolute atomic E-state index is 13.2. The van der Waals surface area contributed by atoms with Crippen molar-refractivity contribution in [2.75, 3.05) is 66.4 Å².